The molecule has 1 aliphatic rings. The van der Waals surface area contributed by atoms with E-state index in [4.69, 9.17) is 5.73 Å². The summed E-state index contributed by atoms with van der Waals surface area (Å²) >= 11 is 0. The molecule has 0 aliphatic carbocycles. The number of benzene rings is 1. The first kappa shape index (κ1) is 9.68. The second kappa shape index (κ2) is 3.37. The van der Waals surface area contributed by atoms with Crippen molar-refractivity contribution in [2.24, 2.45) is 5.73 Å². The molecule has 1 aromatic rings. The minimum atomic E-state index is -3.06. The highest BCUT2D eigenvalue weighted by Crippen LogP contribution is 2.27. The third-order valence-electron chi connectivity index (χ3n) is 2.57. The van der Waals surface area contributed by atoms with Crippen molar-refractivity contribution in [1.29, 1.82) is 0 Å². The summed E-state index contributed by atoms with van der Waals surface area (Å²) in [5.74, 6) is 0.261. The molecule has 0 radical (unpaired) electrons. The smallest absolute Gasteiger partial charge is 0.178 e. The first-order valence-electron chi connectivity index (χ1n) is 4.69. The molecule has 0 saturated carbocycles. The molecule has 0 atom stereocenters. The highest BCUT2D eigenvalue weighted by molar-refractivity contribution is 7.91. The summed E-state index contributed by atoms with van der Waals surface area (Å²) in [6.07, 6.45) is 1.58. The Kier molecular flexibility index (Phi) is 2.33. The number of fused-ring (bicyclic) bond motifs is 1. The van der Waals surface area contributed by atoms with Gasteiger partial charge in [0.15, 0.2) is 9.84 Å². The summed E-state index contributed by atoms with van der Waals surface area (Å²) in [5.41, 5.74) is 7.21. The van der Waals surface area contributed by atoms with Crippen LogP contribution in [0.15, 0.2) is 23.1 Å². The van der Waals surface area contributed by atoms with Crippen molar-refractivity contribution < 1.29 is 8.42 Å². The first-order valence-corrected chi connectivity index (χ1v) is 6.34. The van der Waals surface area contributed by atoms with Gasteiger partial charge in [-0.1, -0.05) is 18.2 Å². The van der Waals surface area contributed by atoms with Gasteiger partial charge in [0.2, 0.25) is 0 Å². The lowest BCUT2D eigenvalue weighted by Crippen LogP contribution is -2.19. The van der Waals surface area contributed by atoms with Crippen molar-refractivity contribution in [1.82, 2.24) is 0 Å². The summed E-state index contributed by atoms with van der Waals surface area (Å²) in [7, 11) is -3.06. The van der Waals surface area contributed by atoms with Gasteiger partial charge in [-0.3, -0.25) is 0 Å². The van der Waals surface area contributed by atoms with Crippen molar-refractivity contribution in [3.05, 3.63) is 29.3 Å². The van der Waals surface area contributed by atoms with Crippen molar-refractivity contribution >= 4 is 9.84 Å². The largest absolute Gasteiger partial charge is 0.326 e. The van der Waals surface area contributed by atoms with E-state index in [-0.39, 0.29) is 5.75 Å². The van der Waals surface area contributed by atoms with Gasteiger partial charge in [0, 0.05) is 6.54 Å². The van der Waals surface area contributed by atoms with Gasteiger partial charge in [0.1, 0.15) is 0 Å². The van der Waals surface area contributed by atoms with Crippen molar-refractivity contribution in [2.45, 2.75) is 24.3 Å². The van der Waals surface area contributed by atoms with E-state index >= 15 is 0 Å². The maximum atomic E-state index is 11.8. The molecular weight excluding hydrogens is 198 g/mol. The molecule has 0 aromatic heterocycles. The van der Waals surface area contributed by atoms with Crippen molar-refractivity contribution in [3.8, 4) is 0 Å². The van der Waals surface area contributed by atoms with Gasteiger partial charge in [-0.05, 0) is 24.0 Å². The standard InChI is InChI=1S/C10H13NO2S/c11-7-9-4-1-3-8-5-2-6-14(12,13)10(8)9/h1,3-4H,2,5-7,11H2. The van der Waals surface area contributed by atoms with Gasteiger partial charge >= 0.3 is 0 Å². The molecule has 14 heavy (non-hydrogen) atoms. The highest BCUT2D eigenvalue weighted by atomic mass is 32.2. The Morgan fingerprint density at radius 1 is 1.36 bits per heavy atom. The highest BCUT2D eigenvalue weighted by Gasteiger charge is 2.25. The van der Waals surface area contributed by atoms with Gasteiger partial charge in [0.25, 0.3) is 0 Å². The van der Waals surface area contributed by atoms with Crippen LogP contribution < -0.4 is 5.73 Å². The van der Waals surface area contributed by atoms with Crippen LogP contribution in [-0.2, 0) is 22.8 Å². The van der Waals surface area contributed by atoms with Crippen LogP contribution >= 0.6 is 0 Å². The summed E-state index contributed by atoms with van der Waals surface area (Å²) in [6.45, 7) is 0.294. The second-order valence-corrected chi connectivity index (χ2v) is 5.58. The first-order chi connectivity index (χ1) is 6.65. The molecule has 1 aliphatic heterocycles. The number of hydrogen-bond donors (Lipinski definition) is 1. The van der Waals surface area contributed by atoms with Gasteiger partial charge in [-0.15, -0.1) is 0 Å². The van der Waals surface area contributed by atoms with Crippen LogP contribution in [0, 0.1) is 0 Å². The lowest BCUT2D eigenvalue weighted by atomic mass is 10.1. The number of sulfone groups is 1. The van der Waals surface area contributed by atoms with E-state index in [2.05, 4.69) is 0 Å². The lowest BCUT2D eigenvalue weighted by molar-refractivity contribution is 0.585. The van der Waals surface area contributed by atoms with E-state index in [0.29, 0.717) is 11.4 Å². The molecule has 1 aromatic carbocycles. The van der Waals surface area contributed by atoms with E-state index in [1.807, 2.05) is 12.1 Å². The summed E-state index contributed by atoms with van der Waals surface area (Å²) in [5, 5.41) is 0. The van der Waals surface area contributed by atoms with Crippen LogP contribution in [0.4, 0.5) is 0 Å². The normalized spacial score (nSPS) is 18.9. The van der Waals surface area contributed by atoms with E-state index in [0.717, 1.165) is 24.0 Å². The fraction of sp³-hybridized carbons (Fsp3) is 0.400. The van der Waals surface area contributed by atoms with Gasteiger partial charge in [-0.25, -0.2) is 8.42 Å². The number of aryl methyl sites for hydroxylation is 1. The van der Waals surface area contributed by atoms with E-state index in [1.54, 1.807) is 6.07 Å². The topological polar surface area (TPSA) is 60.2 Å². The molecule has 4 heteroatoms. The zero-order valence-electron chi connectivity index (χ0n) is 7.86. The Hall–Kier alpha value is -0.870. The SMILES string of the molecule is NCc1cccc2c1S(=O)(=O)CCC2. The maximum absolute atomic E-state index is 11.8. The van der Waals surface area contributed by atoms with Crippen molar-refractivity contribution in [2.75, 3.05) is 5.75 Å². The summed E-state index contributed by atoms with van der Waals surface area (Å²) in [6, 6.07) is 5.55. The average Bonchev–Trinajstić information content (AvgIpc) is 2.16. The minimum Gasteiger partial charge on any atom is -0.326 e. The van der Waals surface area contributed by atoms with Crippen molar-refractivity contribution in [3.63, 3.8) is 0 Å². The van der Waals surface area contributed by atoms with Crippen LogP contribution in [0.3, 0.4) is 0 Å². The molecule has 3 nitrogen and oxygen atoms in total. The minimum absolute atomic E-state index is 0.261. The molecule has 0 unspecified atom stereocenters. The predicted molar refractivity (Wildman–Crippen MR) is 54.7 cm³/mol. The van der Waals surface area contributed by atoms with Gasteiger partial charge < -0.3 is 5.73 Å². The molecule has 0 amide bonds. The molecule has 2 N–H and O–H groups in total. The van der Waals surface area contributed by atoms with Crippen LogP contribution in [0.25, 0.3) is 0 Å². The average molecular weight is 211 g/mol. The Morgan fingerprint density at radius 2 is 2.14 bits per heavy atom. The number of nitrogens with two attached hydrogens (primary N) is 1. The Labute approximate surface area is 83.9 Å². The summed E-state index contributed by atoms with van der Waals surface area (Å²) in [4.78, 5) is 0.494. The van der Waals surface area contributed by atoms with Crippen LogP contribution in [0.5, 0.6) is 0 Å². The molecular formula is C10H13NO2S. The molecule has 0 fully saturated rings. The molecule has 76 valence electrons. The summed E-state index contributed by atoms with van der Waals surface area (Å²) < 4.78 is 23.6. The van der Waals surface area contributed by atoms with Crippen LogP contribution in [-0.4, -0.2) is 14.2 Å². The third kappa shape index (κ3) is 1.44. The molecule has 0 saturated heterocycles. The Bertz CT molecular complexity index is 437. The fourth-order valence-corrected chi connectivity index (χ4v) is 3.80. The zero-order chi connectivity index (χ0) is 10.2. The van der Waals surface area contributed by atoms with E-state index in [9.17, 15) is 8.42 Å². The second-order valence-electron chi connectivity index (χ2n) is 3.53. The molecule has 0 bridgehead atoms. The van der Waals surface area contributed by atoms with E-state index in [1.165, 1.54) is 0 Å². The monoisotopic (exact) mass is 211 g/mol. The number of hydrogen-bond acceptors (Lipinski definition) is 3. The van der Waals surface area contributed by atoms with E-state index < -0.39 is 9.84 Å². The Morgan fingerprint density at radius 3 is 2.86 bits per heavy atom. The molecule has 2 rings (SSSR count). The maximum Gasteiger partial charge on any atom is 0.178 e. The van der Waals surface area contributed by atoms with Gasteiger partial charge in [-0.2, -0.15) is 0 Å². The molecule has 1 heterocycles. The van der Waals surface area contributed by atoms with Gasteiger partial charge in [0.05, 0.1) is 10.6 Å². The zero-order valence-corrected chi connectivity index (χ0v) is 8.68. The number of rotatable bonds is 1. The predicted octanol–water partition coefficient (Wildman–Crippen LogP) is 0.865. The fourth-order valence-electron chi connectivity index (χ4n) is 1.95. The van der Waals surface area contributed by atoms with Crippen LogP contribution in [0.1, 0.15) is 17.5 Å². The quantitative estimate of drug-likeness (QED) is 0.749. The third-order valence-corrected chi connectivity index (χ3v) is 4.54. The lowest BCUT2D eigenvalue weighted by Gasteiger charge is -2.18. The Balaban J connectivity index is 2.71. The van der Waals surface area contributed by atoms with Crippen LogP contribution in [0.2, 0.25) is 0 Å². The molecule has 0 spiro atoms.